The SMILES string of the molecule is CC(NC1CCOC(C(C)C)C1)c1ccsc1. The quantitative estimate of drug-likeness (QED) is 0.885. The van der Waals surface area contributed by atoms with Crippen molar-refractivity contribution in [3.8, 4) is 0 Å². The average Bonchev–Trinajstić information content (AvgIpc) is 2.82. The lowest BCUT2D eigenvalue weighted by Gasteiger charge is -2.34. The van der Waals surface area contributed by atoms with E-state index in [1.165, 1.54) is 5.56 Å². The number of rotatable bonds is 4. The Labute approximate surface area is 108 Å². The lowest BCUT2D eigenvalue weighted by Crippen LogP contribution is -2.41. The molecule has 1 aromatic heterocycles. The van der Waals surface area contributed by atoms with E-state index in [1.54, 1.807) is 11.3 Å². The largest absolute Gasteiger partial charge is 0.378 e. The number of nitrogens with one attached hydrogen (secondary N) is 1. The molecule has 0 spiro atoms. The highest BCUT2D eigenvalue weighted by Gasteiger charge is 2.25. The van der Waals surface area contributed by atoms with Gasteiger partial charge in [0.15, 0.2) is 0 Å². The van der Waals surface area contributed by atoms with Crippen molar-refractivity contribution in [3.05, 3.63) is 22.4 Å². The van der Waals surface area contributed by atoms with Crippen molar-refractivity contribution in [3.63, 3.8) is 0 Å². The fraction of sp³-hybridized carbons (Fsp3) is 0.714. The van der Waals surface area contributed by atoms with Crippen molar-refractivity contribution in [2.24, 2.45) is 5.92 Å². The first-order valence-electron chi connectivity index (χ1n) is 6.56. The maximum absolute atomic E-state index is 5.80. The predicted octanol–water partition coefficient (Wildman–Crippen LogP) is 3.60. The zero-order valence-corrected chi connectivity index (χ0v) is 11.8. The molecule has 0 amide bonds. The van der Waals surface area contributed by atoms with Gasteiger partial charge in [-0.2, -0.15) is 11.3 Å². The first-order chi connectivity index (χ1) is 8.16. The van der Waals surface area contributed by atoms with Crippen molar-refractivity contribution in [1.29, 1.82) is 0 Å². The van der Waals surface area contributed by atoms with Crippen molar-refractivity contribution >= 4 is 11.3 Å². The topological polar surface area (TPSA) is 21.3 Å². The third-order valence-electron chi connectivity index (χ3n) is 3.59. The standard InChI is InChI=1S/C14H23NOS/c1-10(2)14-8-13(4-6-16-14)15-11(3)12-5-7-17-9-12/h5,7,9-11,13-15H,4,6,8H2,1-3H3. The van der Waals surface area contributed by atoms with E-state index in [-0.39, 0.29) is 0 Å². The summed E-state index contributed by atoms with van der Waals surface area (Å²) in [5.41, 5.74) is 1.41. The molecule has 0 aromatic carbocycles. The van der Waals surface area contributed by atoms with E-state index in [0.717, 1.165) is 19.4 Å². The van der Waals surface area contributed by atoms with Gasteiger partial charge < -0.3 is 10.1 Å². The minimum Gasteiger partial charge on any atom is -0.378 e. The molecule has 1 N–H and O–H groups in total. The Morgan fingerprint density at radius 2 is 2.24 bits per heavy atom. The minimum absolute atomic E-state index is 0.427. The molecular formula is C14H23NOS. The second kappa shape index (κ2) is 5.98. The van der Waals surface area contributed by atoms with E-state index in [4.69, 9.17) is 4.74 Å². The Morgan fingerprint density at radius 1 is 1.41 bits per heavy atom. The van der Waals surface area contributed by atoms with Crippen LogP contribution < -0.4 is 5.32 Å². The number of hydrogen-bond donors (Lipinski definition) is 1. The zero-order chi connectivity index (χ0) is 12.3. The smallest absolute Gasteiger partial charge is 0.0612 e. The van der Waals surface area contributed by atoms with Crippen molar-refractivity contribution in [2.75, 3.05) is 6.61 Å². The first kappa shape index (κ1) is 13.1. The second-order valence-electron chi connectivity index (χ2n) is 5.32. The van der Waals surface area contributed by atoms with Gasteiger partial charge in [-0.25, -0.2) is 0 Å². The van der Waals surface area contributed by atoms with Gasteiger partial charge in [0.25, 0.3) is 0 Å². The molecule has 0 saturated carbocycles. The molecule has 3 unspecified atom stereocenters. The molecule has 0 radical (unpaired) electrons. The molecule has 96 valence electrons. The Bertz CT molecular complexity index is 323. The van der Waals surface area contributed by atoms with Gasteiger partial charge in [0.05, 0.1) is 6.10 Å². The molecule has 1 saturated heterocycles. The van der Waals surface area contributed by atoms with E-state index >= 15 is 0 Å². The maximum Gasteiger partial charge on any atom is 0.0612 e. The molecule has 2 heterocycles. The minimum atomic E-state index is 0.427. The molecule has 17 heavy (non-hydrogen) atoms. The van der Waals surface area contributed by atoms with E-state index in [9.17, 15) is 0 Å². The van der Waals surface area contributed by atoms with Crippen LogP contribution in [0.25, 0.3) is 0 Å². The predicted molar refractivity (Wildman–Crippen MR) is 73.5 cm³/mol. The van der Waals surface area contributed by atoms with Crippen LogP contribution in [-0.4, -0.2) is 18.8 Å². The van der Waals surface area contributed by atoms with Crippen molar-refractivity contribution in [1.82, 2.24) is 5.32 Å². The van der Waals surface area contributed by atoms with E-state index in [1.807, 2.05) is 0 Å². The van der Waals surface area contributed by atoms with Crippen LogP contribution in [0.1, 0.15) is 45.2 Å². The number of ether oxygens (including phenoxy) is 1. The summed E-state index contributed by atoms with van der Waals surface area (Å²) >= 11 is 1.77. The van der Waals surface area contributed by atoms with E-state index < -0.39 is 0 Å². The van der Waals surface area contributed by atoms with Crippen LogP contribution in [0.3, 0.4) is 0 Å². The Hall–Kier alpha value is -0.380. The molecular weight excluding hydrogens is 230 g/mol. The third-order valence-corrected chi connectivity index (χ3v) is 4.29. The summed E-state index contributed by atoms with van der Waals surface area (Å²) in [7, 11) is 0. The highest BCUT2D eigenvalue weighted by atomic mass is 32.1. The zero-order valence-electron chi connectivity index (χ0n) is 11.0. The monoisotopic (exact) mass is 253 g/mol. The molecule has 1 aliphatic rings. The Balaban J connectivity index is 1.86. The highest BCUT2D eigenvalue weighted by Crippen LogP contribution is 2.23. The molecule has 1 aromatic rings. The van der Waals surface area contributed by atoms with Gasteiger partial charge in [-0.05, 0) is 48.1 Å². The number of hydrogen-bond acceptors (Lipinski definition) is 3. The summed E-state index contributed by atoms with van der Waals surface area (Å²) in [4.78, 5) is 0. The van der Waals surface area contributed by atoms with Gasteiger partial charge in [0, 0.05) is 18.7 Å². The fourth-order valence-corrected chi connectivity index (χ4v) is 3.17. The normalized spacial score (nSPS) is 27.3. The summed E-state index contributed by atoms with van der Waals surface area (Å²) in [6, 6.07) is 3.27. The van der Waals surface area contributed by atoms with Crippen LogP contribution in [0.2, 0.25) is 0 Å². The lowest BCUT2D eigenvalue weighted by molar-refractivity contribution is -0.0256. The summed E-state index contributed by atoms with van der Waals surface area (Å²) in [6.07, 6.45) is 2.71. The number of thiophene rings is 1. The van der Waals surface area contributed by atoms with Gasteiger partial charge in [-0.1, -0.05) is 13.8 Å². The van der Waals surface area contributed by atoms with Crippen molar-refractivity contribution < 1.29 is 4.74 Å². The van der Waals surface area contributed by atoms with E-state index in [0.29, 0.717) is 24.1 Å². The van der Waals surface area contributed by atoms with Crippen LogP contribution in [0.15, 0.2) is 16.8 Å². The summed E-state index contributed by atoms with van der Waals surface area (Å²) in [5.74, 6) is 0.621. The Morgan fingerprint density at radius 3 is 2.88 bits per heavy atom. The van der Waals surface area contributed by atoms with Gasteiger partial charge >= 0.3 is 0 Å². The summed E-state index contributed by atoms with van der Waals surface area (Å²) < 4.78 is 5.80. The highest BCUT2D eigenvalue weighted by molar-refractivity contribution is 7.07. The summed E-state index contributed by atoms with van der Waals surface area (Å²) in [5, 5.41) is 8.11. The molecule has 1 aliphatic heterocycles. The molecule has 0 bridgehead atoms. The third kappa shape index (κ3) is 3.54. The maximum atomic E-state index is 5.80. The molecule has 0 aliphatic carbocycles. The molecule has 2 rings (SSSR count). The van der Waals surface area contributed by atoms with Crippen molar-refractivity contribution in [2.45, 2.75) is 51.8 Å². The molecule has 3 heteroatoms. The van der Waals surface area contributed by atoms with Crippen LogP contribution >= 0.6 is 11.3 Å². The van der Waals surface area contributed by atoms with Gasteiger partial charge in [-0.15, -0.1) is 0 Å². The van der Waals surface area contributed by atoms with Crippen LogP contribution in [0, 0.1) is 5.92 Å². The van der Waals surface area contributed by atoms with Crippen LogP contribution in [0.5, 0.6) is 0 Å². The first-order valence-corrected chi connectivity index (χ1v) is 7.51. The van der Waals surface area contributed by atoms with Gasteiger partial charge in [0.2, 0.25) is 0 Å². The second-order valence-corrected chi connectivity index (χ2v) is 6.10. The molecule has 2 nitrogen and oxygen atoms in total. The molecule has 3 atom stereocenters. The molecule has 1 fully saturated rings. The van der Waals surface area contributed by atoms with Crippen LogP contribution in [-0.2, 0) is 4.74 Å². The lowest BCUT2D eigenvalue weighted by atomic mass is 9.94. The van der Waals surface area contributed by atoms with Gasteiger partial charge in [-0.3, -0.25) is 0 Å². The fourth-order valence-electron chi connectivity index (χ4n) is 2.42. The van der Waals surface area contributed by atoms with Gasteiger partial charge in [0.1, 0.15) is 0 Å². The van der Waals surface area contributed by atoms with E-state index in [2.05, 4.69) is 42.9 Å². The summed E-state index contributed by atoms with van der Waals surface area (Å²) in [6.45, 7) is 7.64. The average molecular weight is 253 g/mol. The van der Waals surface area contributed by atoms with Crippen LogP contribution in [0.4, 0.5) is 0 Å². The Kier molecular flexibility index (Phi) is 4.60.